The molecule has 4 rings (SSSR count). The normalized spacial score (nSPS) is 15.9. The van der Waals surface area contributed by atoms with Crippen LogP contribution in [0.15, 0.2) is 60.7 Å². The first-order valence-electron chi connectivity index (χ1n) is 10.2. The Labute approximate surface area is 180 Å². The van der Waals surface area contributed by atoms with Crippen LogP contribution < -0.4 is 10.2 Å². The Morgan fingerprint density at radius 1 is 1.06 bits per heavy atom. The topological polar surface area (TPSA) is 75.7 Å². The van der Waals surface area contributed by atoms with E-state index in [1.165, 1.54) is 0 Å². The van der Waals surface area contributed by atoms with E-state index in [0.717, 1.165) is 27.6 Å². The molecule has 1 aliphatic heterocycles. The first-order valence-corrected chi connectivity index (χ1v) is 10.2. The van der Waals surface area contributed by atoms with Crippen molar-refractivity contribution < 1.29 is 19.1 Å². The Morgan fingerprint density at radius 2 is 1.84 bits per heavy atom. The monoisotopic (exact) mass is 416 g/mol. The number of hydrogen-bond acceptors (Lipinski definition) is 4. The van der Waals surface area contributed by atoms with Crippen molar-refractivity contribution in [2.45, 2.75) is 20.3 Å². The van der Waals surface area contributed by atoms with E-state index >= 15 is 0 Å². The molecule has 6 nitrogen and oxygen atoms in total. The van der Waals surface area contributed by atoms with Gasteiger partial charge in [0.15, 0.2) is 6.61 Å². The highest BCUT2D eigenvalue weighted by atomic mass is 16.5. The molecule has 3 aromatic rings. The molecule has 1 heterocycles. The van der Waals surface area contributed by atoms with Crippen LogP contribution in [0.5, 0.6) is 0 Å². The van der Waals surface area contributed by atoms with Crippen LogP contribution in [0.2, 0.25) is 0 Å². The van der Waals surface area contributed by atoms with Crippen molar-refractivity contribution in [1.82, 2.24) is 0 Å². The molecule has 0 saturated carbocycles. The zero-order chi connectivity index (χ0) is 22.0. The molecule has 0 radical (unpaired) electrons. The predicted molar refractivity (Wildman–Crippen MR) is 120 cm³/mol. The second-order valence-electron chi connectivity index (χ2n) is 7.88. The average molecular weight is 416 g/mol. The van der Waals surface area contributed by atoms with Crippen LogP contribution in [0.1, 0.15) is 17.5 Å². The first-order chi connectivity index (χ1) is 14.9. The fourth-order valence-corrected chi connectivity index (χ4v) is 3.94. The number of benzene rings is 3. The molecule has 1 aliphatic rings. The predicted octanol–water partition coefficient (Wildman–Crippen LogP) is 3.99. The third-order valence-corrected chi connectivity index (χ3v) is 5.52. The van der Waals surface area contributed by atoms with Crippen molar-refractivity contribution in [1.29, 1.82) is 0 Å². The van der Waals surface area contributed by atoms with Gasteiger partial charge in [0.05, 0.1) is 11.6 Å². The number of fused-ring (bicyclic) bond motifs is 1. The van der Waals surface area contributed by atoms with Crippen molar-refractivity contribution >= 4 is 39.9 Å². The summed E-state index contributed by atoms with van der Waals surface area (Å²) in [6.45, 7) is 3.74. The van der Waals surface area contributed by atoms with Crippen LogP contribution in [0.4, 0.5) is 11.4 Å². The molecule has 1 saturated heterocycles. The quantitative estimate of drug-likeness (QED) is 0.638. The molecule has 3 aromatic carbocycles. The maximum atomic E-state index is 12.6. The molecular weight excluding hydrogens is 392 g/mol. The minimum Gasteiger partial charge on any atom is -0.455 e. The number of aryl methyl sites for hydroxylation is 2. The van der Waals surface area contributed by atoms with Gasteiger partial charge in [0.25, 0.3) is 5.91 Å². The number of carbonyl (C=O) groups is 3. The number of rotatable bonds is 5. The van der Waals surface area contributed by atoms with Crippen molar-refractivity contribution in [2.24, 2.45) is 5.92 Å². The standard InChI is InChI=1S/C25H24N2O4/c1-16-10-11-21(17(2)12-16)26-23(28)15-31-25(30)19-13-24(29)27(14-19)22-9-5-7-18-6-3-4-8-20(18)22/h3-12,19H,13-15H2,1-2H3,(H,26,28)/t19-/m0/s1. The molecule has 1 N–H and O–H groups in total. The molecule has 1 atom stereocenters. The van der Waals surface area contributed by atoms with Crippen LogP contribution in [0, 0.1) is 19.8 Å². The summed E-state index contributed by atoms with van der Waals surface area (Å²) in [7, 11) is 0. The summed E-state index contributed by atoms with van der Waals surface area (Å²) in [6.07, 6.45) is 0.0702. The van der Waals surface area contributed by atoms with Gasteiger partial charge in [0.1, 0.15) is 0 Å². The second kappa shape index (κ2) is 8.60. The van der Waals surface area contributed by atoms with Gasteiger partial charge < -0.3 is 15.0 Å². The highest BCUT2D eigenvalue weighted by molar-refractivity contribution is 6.06. The molecule has 0 spiro atoms. The van der Waals surface area contributed by atoms with Crippen molar-refractivity contribution in [3.05, 3.63) is 71.8 Å². The Balaban J connectivity index is 1.37. The summed E-state index contributed by atoms with van der Waals surface area (Å²) >= 11 is 0. The molecule has 0 aromatic heterocycles. The molecule has 0 bridgehead atoms. The smallest absolute Gasteiger partial charge is 0.311 e. The van der Waals surface area contributed by atoms with Gasteiger partial charge in [-0.1, -0.05) is 54.1 Å². The second-order valence-corrected chi connectivity index (χ2v) is 7.88. The van der Waals surface area contributed by atoms with Crippen molar-refractivity contribution in [3.63, 3.8) is 0 Å². The van der Waals surface area contributed by atoms with E-state index < -0.39 is 17.8 Å². The minimum atomic E-state index is -0.597. The molecule has 2 amide bonds. The highest BCUT2D eigenvalue weighted by Gasteiger charge is 2.36. The Bertz CT molecular complexity index is 1170. The Kier molecular flexibility index (Phi) is 5.71. The summed E-state index contributed by atoms with van der Waals surface area (Å²) in [4.78, 5) is 39.0. The van der Waals surface area contributed by atoms with E-state index in [9.17, 15) is 14.4 Å². The van der Waals surface area contributed by atoms with Gasteiger partial charge in [-0.05, 0) is 36.9 Å². The SMILES string of the molecule is Cc1ccc(NC(=O)COC(=O)[C@H]2CC(=O)N(c3cccc4ccccc34)C2)c(C)c1. The zero-order valence-corrected chi connectivity index (χ0v) is 17.6. The first kappa shape index (κ1) is 20.6. The van der Waals surface area contributed by atoms with E-state index in [1.54, 1.807) is 4.90 Å². The largest absolute Gasteiger partial charge is 0.455 e. The fraction of sp³-hybridized carbons (Fsp3) is 0.240. The maximum Gasteiger partial charge on any atom is 0.311 e. The number of nitrogens with zero attached hydrogens (tertiary/aromatic N) is 1. The molecule has 0 aliphatic carbocycles. The number of anilines is 2. The number of esters is 1. The molecule has 6 heteroatoms. The van der Waals surface area contributed by atoms with E-state index in [1.807, 2.05) is 74.5 Å². The van der Waals surface area contributed by atoms with Crippen LogP contribution in [0.25, 0.3) is 10.8 Å². The van der Waals surface area contributed by atoms with E-state index in [-0.39, 0.29) is 25.5 Å². The van der Waals surface area contributed by atoms with Crippen LogP contribution in [-0.2, 0) is 19.1 Å². The third-order valence-electron chi connectivity index (χ3n) is 5.52. The zero-order valence-electron chi connectivity index (χ0n) is 17.6. The van der Waals surface area contributed by atoms with Gasteiger partial charge in [0, 0.05) is 24.0 Å². The summed E-state index contributed by atoms with van der Waals surface area (Å²) < 4.78 is 5.21. The average Bonchev–Trinajstić information content (AvgIpc) is 3.15. The molecular formula is C25H24N2O4. The van der Waals surface area contributed by atoms with Gasteiger partial charge in [-0.15, -0.1) is 0 Å². The molecule has 1 fully saturated rings. The minimum absolute atomic E-state index is 0.0702. The number of amides is 2. The number of ether oxygens (including phenoxy) is 1. The van der Waals surface area contributed by atoms with Crippen molar-refractivity contribution in [3.8, 4) is 0 Å². The lowest BCUT2D eigenvalue weighted by Crippen LogP contribution is -2.28. The summed E-state index contributed by atoms with van der Waals surface area (Å²) in [5.41, 5.74) is 3.51. The van der Waals surface area contributed by atoms with Crippen LogP contribution in [0.3, 0.4) is 0 Å². The number of carbonyl (C=O) groups excluding carboxylic acids is 3. The summed E-state index contributed by atoms with van der Waals surface area (Å²) in [6, 6.07) is 19.3. The molecule has 0 unspecified atom stereocenters. The van der Waals surface area contributed by atoms with Crippen LogP contribution >= 0.6 is 0 Å². The fourth-order valence-electron chi connectivity index (χ4n) is 3.94. The molecule has 158 valence electrons. The van der Waals surface area contributed by atoms with Crippen LogP contribution in [-0.4, -0.2) is 30.9 Å². The third kappa shape index (κ3) is 4.43. The van der Waals surface area contributed by atoms with E-state index in [4.69, 9.17) is 4.74 Å². The Hall–Kier alpha value is -3.67. The van der Waals surface area contributed by atoms with Gasteiger partial charge in [-0.3, -0.25) is 14.4 Å². The van der Waals surface area contributed by atoms with Crippen molar-refractivity contribution in [2.75, 3.05) is 23.4 Å². The lowest BCUT2D eigenvalue weighted by atomic mass is 10.1. The highest BCUT2D eigenvalue weighted by Crippen LogP contribution is 2.32. The summed E-state index contributed by atoms with van der Waals surface area (Å²) in [5, 5.41) is 4.74. The number of hydrogen-bond donors (Lipinski definition) is 1. The number of nitrogens with one attached hydrogen (secondary N) is 1. The van der Waals surface area contributed by atoms with E-state index in [0.29, 0.717) is 5.69 Å². The lowest BCUT2D eigenvalue weighted by Gasteiger charge is -2.18. The van der Waals surface area contributed by atoms with Gasteiger partial charge in [-0.25, -0.2) is 0 Å². The Morgan fingerprint density at radius 3 is 2.65 bits per heavy atom. The van der Waals surface area contributed by atoms with E-state index in [2.05, 4.69) is 5.32 Å². The van der Waals surface area contributed by atoms with Gasteiger partial charge >= 0.3 is 5.97 Å². The lowest BCUT2D eigenvalue weighted by molar-refractivity contribution is -0.151. The summed E-state index contributed by atoms with van der Waals surface area (Å²) in [5.74, 6) is -1.67. The van der Waals surface area contributed by atoms with Gasteiger partial charge in [0.2, 0.25) is 5.91 Å². The van der Waals surface area contributed by atoms with Gasteiger partial charge in [-0.2, -0.15) is 0 Å². The molecule has 31 heavy (non-hydrogen) atoms. The maximum absolute atomic E-state index is 12.6.